The molecule has 2 nitrogen and oxygen atoms in total. The van der Waals surface area contributed by atoms with Crippen molar-refractivity contribution in [2.45, 2.75) is 51.0 Å². The third-order valence-corrected chi connectivity index (χ3v) is 3.96. The van der Waals surface area contributed by atoms with E-state index in [4.69, 9.17) is 0 Å². The molecule has 0 aromatic heterocycles. The number of nitrogens with zero attached hydrogens (tertiary/aromatic N) is 2. The Hall–Kier alpha value is -0.550. The third kappa shape index (κ3) is 1.79. The van der Waals surface area contributed by atoms with Gasteiger partial charge in [0.2, 0.25) is 0 Å². The van der Waals surface area contributed by atoms with E-state index in [9.17, 15) is 5.26 Å². The Kier molecular flexibility index (Phi) is 2.78. The summed E-state index contributed by atoms with van der Waals surface area (Å²) in [6.45, 7) is 4.41. The maximum atomic E-state index is 9.32. The fourth-order valence-corrected chi connectivity index (χ4v) is 2.72. The molecule has 2 fully saturated rings. The lowest BCUT2D eigenvalue weighted by atomic mass is 9.76. The molecule has 1 unspecified atom stereocenters. The molecule has 0 aromatic rings. The van der Waals surface area contributed by atoms with Gasteiger partial charge in [-0.25, -0.2) is 0 Å². The zero-order valence-electron chi connectivity index (χ0n) is 9.13. The number of nitriles is 1. The van der Waals surface area contributed by atoms with Crippen molar-refractivity contribution in [2.24, 2.45) is 5.92 Å². The van der Waals surface area contributed by atoms with Gasteiger partial charge in [-0.2, -0.15) is 5.26 Å². The normalized spacial score (nSPS) is 28.0. The van der Waals surface area contributed by atoms with Crippen molar-refractivity contribution in [3.8, 4) is 6.07 Å². The van der Waals surface area contributed by atoms with Crippen LogP contribution in [0.2, 0.25) is 0 Å². The highest BCUT2D eigenvalue weighted by molar-refractivity contribution is 5.07. The van der Waals surface area contributed by atoms with Crippen LogP contribution in [0.4, 0.5) is 0 Å². The molecule has 14 heavy (non-hydrogen) atoms. The minimum Gasteiger partial charge on any atom is -0.286 e. The SMILES string of the molecule is CC(C#N)(CC1CCC1)N1CCCC1. The quantitative estimate of drug-likeness (QED) is 0.687. The molecule has 2 heteroatoms. The number of rotatable bonds is 3. The summed E-state index contributed by atoms with van der Waals surface area (Å²) in [5, 5.41) is 9.32. The van der Waals surface area contributed by atoms with Gasteiger partial charge in [-0.15, -0.1) is 0 Å². The summed E-state index contributed by atoms with van der Waals surface area (Å²) in [4.78, 5) is 2.39. The first-order valence-corrected chi connectivity index (χ1v) is 5.91. The van der Waals surface area contributed by atoms with Crippen molar-refractivity contribution in [3.63, 3.8) is 0 Å². The molecular weight excluding hydrogens is 172 g/mol. The summed E-state index contributed by atoms with van der Waals surface area (Å²) in [6.07, 6.45) is 7.75. The number of hydrogen-bond acceptors (Lipinski definition) is 2. The molecule has 78 valence electrons. The second kappa shape index (κ2) is 3.90. The van der Waals surface area contributed by atoms with Gasteiger partial charge < -0.3 is 0 Å². The predicted octanol–water partition coefficient (Wildman–Crippen LogP) is 2.55. The Labute approximate surface area is 86.9 Å². The van der Waals surface area contributed by atoms with Crippen LogP contribution in [0.25, 0.3) is 0 Å². The summed E-state index contributed by atoms with van der Waals surface area (Å²) in [7, 11) is 0. The Morgan fingerprint density at radius 1 is 1.29 bits per heavy atom. The maximum absolute atomic E-state index is 9.32. The lowest BCUT2D eigenvalue weighted by Gasteiger charge is -2.38. The maximum Gasteiger partial charge on any atom is 0.106 e. The molecule has 1 heterocycles. The van der Waals surface area contributed by atoms with Crippen molar-refractivity contribution >= 4 is 0 Å². The fourth-order valence-electron chi connectivity index (χ4n) is 2.72. The van der Waals surface area contributed by atoms with Crippen LogP contribution in [0.15, 0.2) is 0 Å². The second-order valence-corrected chi connectivity index (χ2v) is 5.08. The molecule has 0 radical (unpaired) electrons. The lowest BCUT2D eigenvalue weighted by molar-refractivity contribution is 0.129. The molecule has 0 bridgehead atoms. The summed E-state index contributed by atoms with van der Waals surface area (Å²) < 4.78 is 0. The zero-order valence-corrected chi connectivity index (χ0v) is 9.13. The average Bonchev–Trinajstić information content (AvgIpc) is 2.64. The van der Waals surface area contributed by atoms with Crippen molar-refractivity contribution in [2.75, 3.05) is 13.1 Å². The van der Waals surface area contributed by atoms with Crippen LogP contribution in [0, 0.1) is 17.2 Å². The van der Waals surface area contributed by atoms with Gasteiger partial charge in [0.25, 0.3) is 0 Å². The highest BCUT2D eigenvalue weighted by Gasteiger charge is 2.37. The predicted molar refractivity (Wildman–Crippen MR) is 56.8 cm³/mol. The molecule has 1 saturated carbocycles. The van der Waals surface area contributed by atoms with Gasteiger partial charge in [-0.1, -0.05) is 19.3 Å². The van der Waals surface area contributed by atoms with Gasteiger partial charge in [0, 0.05) is 0 Å². The second-order valence-electron chi connectivity index (χ2n) is 5.08. The standard InChI is InChI=1S/C12H20N2/c1-12(10-13,9-11-5-4-6-11)14-7-2-3-8-14/h11H,2-9H2,1H3. The molecule has 1 saturated heterocycles. The van der Waals surface area contributed by atoms with Gasteiger partial charge >= 0.3 is 0 Å². The minimum atomic E-state index is -0.165. The van der Waals surface area contributed by atoms with Crippen LogP contribution in [0.3, 0.4) is 0 Å². The first-order valence-electron chi connectivity index (χ1n) is 5.91. The zero-order chi connectivity index (χ0) is 10.0. The molecular formula is C12H20N2. The smallest absolute Gasteiger partial charge is 0.106 e. The lowest BCUT2D eigenvalue weighted by Crippen LogP contribution is -2.45. The molecule has 0 N–H and O–H groups in total. The Morgan fingerprint density at radius 3 is 2.36 bits per heavy atom. The molecule has 0 spiro atoms. The monoisotopic (exact) mass is 192 g/mol. The van der Waals surface area contributed by atoms with Gasteiger partial charge in [0.15, 0.2) is 0 Å². The van der Waals surface area contributed by atoms with E-state index < -0.39 is 0 Å². The molecule has 2 aliphatic rings. The van der Waals surface area contributed by atoms with E-state index in [1.54, 1.807) is 0 Å². The Balaban J connectivity index is 1.96. The molecule has 0 aromatic carbocycles. The van der Waals surface area contributed by atoms with Crippen molar-refractivity contribution in [1.82, 2.24) is 4.90 Å². The molecule has 1 aliphatic carbocycles. The largest absolute Gasteiger partial charge is 0.286 e. The fraction of sp³-hybridized carbons (Fsp3) is 0.917. The first-order chi connectivity index (χ1) is 6.74. The minimum absolute atomic E-state index is 0.165. The summed E-state index contributed by atoms with van der Waals surface area (Å²) >= 11 is 0. The van der Waals surface area contributed by atoms with Crippen LogP contribution >= 0.6 is 0 Å². The molecule has 1 aliphatic heterocycles. The molecule has 0 amide bonds. The van der Waals surface area contributed by atoms with Crippen LogP contribution in [-0.2, 0) is 0 Å². The van der Waals surface area contributed by atoms with Crippen LogP contribution in [-0.4, -0.2) is 23.5 Å². The summed E-state index contributed by atoms with van der Waals surface area (Å²) in [5.41, 5.74) is -0.165. The highest BCUT2D eigenvalue weighted by Crippen LogP contribution is 2.36. The van der Waals surface area contributed by atoms with Gasteiger partial charge in [-0.05, 0) is 45.2 Å². The summed E-state index contributed by atoms with van der Waals surface area (Å²) in [5.74, 6) is 0.834. The first kappa shape index (κ1) is 9.98. The van der Waals surface area contributed by atoms with E-state index in [0.29, 0.717) is 0 Å². The average molecular weight is 192 g/mol. The molecule has 1 atom stereocenters. The van der Waals surface area contributed by atoms with E-state index in [-0.39, 0.29) is 5.54 Å². The van der Waals surface area contributed by atoms with E-state index >= 15 is 0 Å². The van der Waals surface area contributed by atoms with Crippen molar-refractivity contribution < 1.29 is 0 Å². The van der Waals surface area contributed by atoms with Gasteiger partial charge in [-0.3, -0.25) is 4.90 Å². The molecule has 2 rings (SSSR count). The van der Waals surface area contributed by atoms with E-state index in [1.165, 1.54) is 32.1 Å². The van der Waals surface area contributed by atoms with Crippen LogP contribution in [0.1, 0.15) is 45.4 Å². The van der Waals surface area contributed by atoms with Gasteiger partial charge in [0.1, 0.15) is 5.54 Å². The topological polar surface area (TPSA) is 27.0 Å². The highest BCUT2D eigenvalue weighted by atomic mass is 15.2. The van der Waals surface area contributed by atoms with Crippen molar-refractivity contribution in [3.05, 3.63) is 0 Å². The van der Waals surface area contributed by atoms with Crippen LogP contribution in [0.5, 0.6) is 0 Å². The van der Waals surface area contributed by atoms with Crippen molar-refractivity contribution in [1.29, 1.82) is 5.26 Å². The van der Waals surface area contributed by atoms with E-state index in [2.05, 4.69) is 17.9 Å². The third-order valence-electron chi connectivity index (χ3n) is 3.96. The van der Waals surface area contributed by atoms with E-state index in [0.717, 1.165) is 25.4 Å². The van der Waals surface area contributed by atoms with Gasteiger partial charge in [0.05, 0.1) is 6.07 Å². The number of hydrogen-bond donors (Lipinski definition) is 0. The Morgan fingerprint density at radius 2 is 1.93 bits per heavy atom. The summed E-state index contributed by atoms with van der Waals surface area (Å²) in [6, 6.07) is 2.55. The Bertz CT molecular complexity index is 233. The number of likely N-dealkylation sites (tertiary alicyclic amines) is 1. The van der Waals surface area contributed by atoms with E-state index in [1.807, 2.05) is 0 Å². The van der Waals surface area contributed by atoms with Crippen LogP contribution < -0.4 is 0 Å².